The Bertz CT molecular complexity index is 209. The molecule has 0 rings (SSSR count). The Balaban J connectivity index is 4.52. The van der Waals surface area contributed by atoms with E-state index in [9.17, 15) is 8.42 Å². The molecule has 0 aliphatic rings. The number of rotatable bonds is 5. The van der Waals surface area contributed by atoms with E-state index in [1.165, 1.54) is 0 Å². The van der Waals surface area contributed by atoms with Gasteiger partial charge in [0.25, 0.3) is 0 Å². The predicted octanol–water partition coefficient (Wildman–Crippen LogP) is 1.49. The van der Waals surface area contributed by atoms with Crippen LogP contribution in [-0.2, 0) is 10.0 Å². The zero-order valence-corrected chi connectivity index (χ0v) is 8.95. The Kier molecular flexibility index (Phi) is 4.20. The van der Waals surface area contributed by atoms with Gasteiger partial charge >= 0.3 is 0 Å². The minimum absolute atomic E-state index is 0.104. The second kappa shape index (κ2) is 4.23. The van der Waals surface area contributed by atoms with Gasteiger partial charge in [0.2, 0.25) is 10.0 Å². The Morgan fingerprint density at radius 1 is 1.08 bits per heavy atom. The third kappa shape index (κ3) is 3.54. The van der Waals surface area contributed by atoms with Crippen LogP contribution in [0.5, 0.6) is 0 Å². The summed E-state index contributed by atoms with van der Waals surface area (Å²) in [6, 6.07) is 0. The molecule has 0 saturated heterocycles. The van der Waals surface area contributed by atoms with Crippen LogP contribution < -0.4 is 5.14 Å². The first-order chi connectivity index (χ1) is 5.39. The van der Waals surface area contributed by atoms with Gasteiger partial charge in [-0.15, -0.1) is 0 Å². The highest BCUT2D eigenvalue weighted by molar-refractivity contribution is 7.89. The summed E-state index contributed by atoms with van der Waals surface area (Å²) >= 11 is 0. The van der Waals surface area contributed by atoms with Crippen molar-refractivity contribution in [1.29, 1.82) is 0 Å². The minimum atomic E-state index is -3.32. The number of hydrogen-bond acceptors (Lipinski definition) is 2. The van der Waals surface area contributed by atoms with E-state index >= 15 is 0 Å². The maximum absolute atomic E-state index is 10.9. The van der Waals surface area contributed by atoms with E-state index in [2.05, 4.69) is 0 Å². The van der Waals surface area contributed by atoms with Gasteiger partial charge in [-0.05, 0) is 24.7 Å². The summed E-state index contributed by atoms with van der Waals surface area (Å²) in [6.45, 7) is 6.04. The summed E-state index contributed by atoms with van der Waals surface area (Å²) in [5.41, 5.74) is -0.104. The molecule has 0 unspecified atom stereocenters. The van der Waals surface area contributed by atoms with Gasteiger partial charge < -0.3 is 0 Å². The van der Waals surface area contributed by atoms with Crippen LogP contribution in [0.1, 0.15) is 40.0 Å². The van der Waals surface area contributed by atoms with Crippen molar-refractivity contribution in [3.05, 3.63) is 0 Å². The third-order valence-corrected chi connectivity index (χ3v) is 3.77. The monoisotopic (exact) mass is 193 g/mol. The maximum Gasteiger partial charge on any atom is 0.209 e. The molecule has 3 nitrogen and oxygen atoms in total. The van der Waals surface area contributed by atoms with Crippen LogP contribution in [0.2, 0.25) is 0 Å². The van der Waals surface area contributed by atoms with Gasteiger partial charge in [-0.3, -0.25) is 0 Å². The molecule has 0 spiro atoms. The topological polar surface area (TPSA) is 60.2 Å². The van der Waals surface area contributed by atoms with Crippen molar-refractivity contribution in [3.63, 3.8) is 0 Å². The zero-order chi connectivity index (χ0) is 9.83. The molecule has 0 aromatic heterocycles. The SMILES string of the molecule is CCC(CC)(CC)CS(N)(=O)=O. The molecule has 0 aliphatic carbocycles. The second-order valence-electron chi connectivity index (χ2n) is 3.37. The number of sulfonamides is 1. The normalized spacial score (nSPS) is 13.3. The van der Waals surface area contributed by atoms with Crippen LogP contribution in [0.25, 0.3) is 0 Å². The molecule has 74 valence electrons. The molecule has 0 heterocycles. The Morgan fingerprint density at radius 2 is 1.42 bits per heavy atom. The minimum Gasteiger partial charge on any atom is -0.229 e. The molecular weight excluding hydrogens is 174 g/mol. The molecule has 0 bridgehead atoms. The van der Waals surface area contributed by atoms with Crippen LogP contribution in [0, 0.1) is 5.41 Å². The second-order valence-corrected chi connectivity index (χ2v) is 4.98. The van der Waals surface area contributed by atoms with Gasteiger partial charge in [-0.2, -0.15) is 0 Å². The van der Waals surface area contributed by atoms with E-state index in [4.69, 9.17) is 5.14 Å². The van der Waals surface area contributed by atoms with E-state index in [-0.39, 0.29) is 11.2 Å². The first kappa shape index (κ1) is 11.9. The average Bonchev–Trinajstić information content (AvgIpc) is 1.99. The molecule has 0 saturated carbocycles. The summed E-state index contributed by atoms with van der Waals surface area (Å²) in [6.07, 6.45) is 2.61. The number of hydrogen-bond donors (Lipinski definition) is 1. The summed E-state index contributed by atoms with van der Waals surface area (Å²) < 4.78 is 21.8. The molecule has 0 fully saturated rings. The summed E-state index contributed by atoms with van der Waals surface area (Å²) in [4.78, 5) is 0. The van der Waals surface area contributed by atoms with Crippen molar-refractivity contribution in [2.24, 2.45) is 10.6 Å². The summed E-state index contributed by atoms with van der Waals surface area (Å²) in [7, 11) is -3.32. The molecule has 4 heteroatoms. The highest BCUT2D eigenvalue weighted by atomic mass is 32.2. The number of nitrogens with two attached hydrogens (primary N) is 1. The van der Waals surface area contributed by atoms with E-state index in [0.29, 0.717) is 0 Å². The predicted molar refractivity (Wildman–Crippen MR) is 51.3 cm³/mol. The average molecular weight is 193 g/mol. The zero-order valence-electron chi connectivity index (χ0n) is 8.13. The molecule has 0 amide bonds. The van der Waals surface area contributed by atoms with Gasteiger partial charge in [0.05, 0.1) is 5.75 Å². The highest BCUT2D eigenvalue weighted by Crippen LogP contribution is 2.31. The molecule has 0 aliphatic heterocycles. The summed E-state index contributed by atoms with van der Waals surface area (Å²) in [5, 5.41) is 5.02. The molecule has 0 aromatic carbocycles. The standard InChI is InChI=1S/C8H19NO2S/c1-4-8(5-2,6-3)7-12(9,10)11/h4-7H2,1-3H3,(H2,9,10,11). The van der Waals surface area contributed by atoms with Crippen molar-refractivity contribution >= 4 is 10.0 Å². The quantitative estimate of drug-likeness (QED) is 0.719. The van der Waals surface area contributed by atoms with Gasteiger partial charge in [0.15, 0.2) is 0 Å². The fourth-order valence-corrected chi connectivity index (χ4v) is 2.95. The van der Waals surface area contributed by atoms with E-state index < -0.39 is 10.0 Å². The van der Waals surface area contributed by atoms with Crippen molar-refractivity contribution in [2.75, 3.05) is 5.75 Å². The van der Waals surface area contributed by atoms with Crippen LogP contribution >= 0.6 is 0 Å². The van der Waals surface area contributed by atoms with Gasteiger partial charge in [0.1, 0.15) is 0 Å². The smallest absolute Gasteiger partial charge is 0.209 e. The van der Waals surface area contributed by atoms with Crippen molar-refractivity contribution in [2.45, 2.75) is 40.0 Å². The fourth-order valence-electron chi connectivity index (χ4n) is 1.48. The maximum atomic E-state index is 10.9. The van der Waals surface area contributed by atoms with Crippen molar-refractivity contribution in [1.82, 2.24) is 0 Å². The van der Waals surface area contributed by atoms with E-state index in [1.54, 1.807) is 0 Å². The lowest BCUT2D eigenvalue weighted by molar-refractivity contribution is 0.289. The molecule has 0 radical (unpaired) electrons. The van der Waals surface area contributed by atoms with Crippen LogP contribution in [0.4, 0.5) is 0 Å². The van der Waals surface area contributed by atoms with Gasteiger partial charge in [-0.1, -0.05) is 20.8 Å². The first-order valence-corrected chi connectivity index (χ1v) is 6.11. The van der Waals surface area contributed by atoms with Crippen molar-refractivity contribution in [3.8, 4) is 0 Å². The first-order valence-electron chi connectivity index (χ1n) is 4.39. The number of primary sulfonamides is 1. The van der Waals surface area contributed by atoms with Crippen LogP contribution in [0.3, 0.4) is 0 Å². The lowest BCUT2D eigenvalue weighted by atomic mass is 9.82. The van der Waals surface area contributed by atoms with Crippen LogP contribution in [0.15, 0.2) is 0 Å². The van der Waals surface area contributed by atoms with Crippen molar-refractivity contribution < 1.29 is 8.42 Å². The lowest BCUT2D eigenvalue weighted by Crippen LogP contribution is -2.32. The molecule has 2 N–H and O–H groups in total. The van der Waals surface area contributed by atoms with Crippen LogP contribution in [-0.4, -0.2) is 14.2 Å². The van der Waals surface area contributed by atoms with Gasteiger partial charge in [0, 0.05) is 0 Å². The summed E-state index contributed by atoms with van der Waals surface area (Å²) in [5.74, 6) is 0.115. The molecule has 0 aromatic rings. The highest BCUT2D eigenvalue weighted by Gasteiger charge is 2.28. The molecule has 12 heavy (non-hydrogen) atoms. The Labute approximate surface area is 75.4 Å². The largest absolute Gasteiger partial charge is 0.229 e. The Hall–Kier alpha value is -0.0900. The van der Waals surface area contributed by atoms with E-state index in [0.717, 1.165) is 19.3 Å². The van der Waals surface area contributed by atoms with Gasteiger partial charge in [-0.25, -0.2) is 13.6 Å². The Morgan fingerprint density at radius 3 is 1.50 bits per heavy atom. The third-order valence-electron chi connectivity index (χ3n) is 2.76. The molecular formula is C8H19NO2S. The van der Waals surface area contributed by atoms with E-state index in [1.807, 2.05) is 20.8 Å². The molecule has 0 atom stereocenters. The lowest BCUT2D eigenvalue weighted by Gasteiger charge is -2.28. The fraction of sp³-hybridized carbons (Fsp3) is 1.00.